The summed E-state index contributed by atoms with van der Waals surface area (Å²) >= 11 is 6.68. The van der Waals surface area contributed by atoms with Crippen LogP contribution in [0.2, 0.25) is 5.02 Å². The number of alkyl halides is 1. The van der Waals surface area contributed by atoms with Gasteiger partial charge in [-0.25, -0.2) is 11.0 Å². The summed E-state index contributed by atoms with van der Waals surface area (Å²) in [6.45, 7) is 12.2. The Balaban J connectivity index is 1.31. The molecular formula is C33H38ClFN8O2. The quantitative estimate of drug-likeness (QED) is 0.238. The number of allylic oxidation sites excluding steroid dienone is 1. The number of amides is 1. The molecule has 0 unspecified atom stereocenters. The fourth-order valence-electron chi connectivity index (χ4n) is 6.33. The average Bonchev–Trinajstić information content (AvgIpc) is 3.91. The molecule has 2 fully saturated rings. The number of nitrogens with zero attached hydrogens (tertiary/aromatic N) is 8. The number of benzene rings is 1. The van der Waals surface area contributed by atoms with Crippen molar-refractivity contribution in [2.75, 3.05) is 62.9 Å². The molecule has 1 aliphatic carbocycles. The molecule has 2 aliphatic heterocycles. The Bertz CT molecular complexity index is 1620. The van der Waals surface area contributed by atoms with E-state index in [-0.39, 0.29) is 24.5 Å². The molecule has 6 rings (SSSR count). The fourth-order valence-corrected chi connectivity index (χ4v) is 6.61. The van der Waals surface area contributed by atoms with E-state index in [1.54, 1.807) is 4.90 Å². The first kappa shape index (κ1) is 31.0. The largest absolute Gasteiger partial charge is 0.462 e. The van der Waals surface area contributed by atoms with Crippen molar-refractivity contribution in [1.82, 2.24) is 24.8 Å². The van der Waals surface area contributed by atoms with Gasteiger partial charge in [0.05, 0.1) is 29.1 Å². The summed E-state index contributed by atoms with van der Waals surface area (Å²) in [5, 5.41) is 2.62. The van der Waals surface area contributed by atoms with Crippen LogP contribution in [-0.4, -0.2) is 102 Å². The van der Waals surface area contributed by atoms with E-state index in [4.69, 9.17) is 32.9 Å². The highest BCUT2D eigenvalue weighted by Crippen LogP contribution is 2.37. The molecule has 1 aromatic carbocycles. The van der Waals surface area contributed by atoms with Gasteiger partial charge in [-0.1, -0.05) is 23.7 Å². The first-order chi connectivity index (χ1) is 21.9. The Morgan fingerprint density at radius 3 is 2.87 bits per heavy atom. The molecule has 236 valence electrons. The molecule has 3 aliphatic rings. The normalized spacial score (nSPS) is 19.2. The van der Waals surface area contributed by atoms with Gasteiger partial charge < -0.3 is 24.3 Å². The number of ether oxygens (including phenoxy) is 1. The summed E-state index contributed by atoms with van der Waals surface area (Å²) in [4.78, 5) is 39.2. The zero-order valence-corrected chi connectivity index (χ0v) is 26.5. The van der Waals surface area contributed by atoms with Crippen LogP contribution in [0.1, 0.15) is 31.0 Å². The van der Waals surface area contributed by atoms with Gasteiger partial charge in [0.2, 0.25) is 12.5 Å². The third-order valence-electron chi connectivity index (χ3n) is 9.06. The highest BCUT2D eigenvalue weighted by atomic mass is 35.5. The minimum Gasteiger partial charge on any atom is -0.462 e. The number of fused-ring (bicyclic) bond motifs is 2. The van der Waals surface area contributed by atoms with E-state index in [1.165, 1.54) is 25.0 Å². The van der Waals surface area contributed by atoms with Crippen LogP contribution >= 0.6 is 11.6 Å². The third kappa shape index (κ3) is 6.67. The zero-order chi connectivity index (χ0) is 31.5. The summed E-state index contributed by atoms with van der Waals surface area (Å²) in [5.74, 6) is 0.509. The number of carbonyl (C=O) groups excluding carboxylic acids is 1. The number of halogens is 2. The number of piperazine rings is 1. The number of pyridine rings is 1. The van der Waals surface area contributed by atoms with E-state index in [9.17, 15) is 9.18 Å². The molecule has 3 aromatic rings. The van der Waals surface area contributed by atoms with Crippen LogP contribution in [0.5, 0.6) is 6.01 Å². The van der Waals surface area contributed by atoms with Crippen molar-refractivity contribution in [2.45, 2.75) is 50.9 Å². The highest BCUT2D eigenvalue weighted by Gasteiger charge is 2.35. The van der Waals surface area contributed by atoms with Crippen molar-refractivity contribution < 1.29 is 13.9 Å². The molecule has 1 saturated heterocycles. The molecule has 2 atom stereocenters. The van der Waals surface area contributed by atoms with Crippen LogP contribution in [0.4, 0.5) is 15.9 Å². The van der Waals surface area contributed by atoms with E-state index in [2.05, 4.69) is 38.5 Å². The average molecular weight is 633 g/mol. The lowest BCUT2D eigenvalue weighted by molar-refractivity contribution is -0.128. The first-order valence-electron chi connectivity index (χ1n) is 15.5. The number of aromatic nitrogens is 3. The van der Waals surface area contributed by atoms with E-state index in [0.29, 0.717) is 56.3 Å². The molecule has 10 nitrogen and oxygen atoms in total. The predicted octanol–water partition coefficient (Wildman–Crippen LogP) is 4.56. The third-order valence-corrected chi connectivity index (χ3v) is 9.38. The minimum atomic E-state index is -0.706. The fraction of sp³-hybridized carbons (Fsp3) is 0.485. The molecule has 1 amide bonds. The smallest absolute Gasteiger partial charge is 0.318 e. The van der Waals surface area contributed by atoms with Gasteiger partial charge in [-0.05, 0) is 45.4 Å². The SMILES string of the molecule is [C-]#[N+]C[C@H]1CN(c2nc(OC[C@@H](C)N(C)C3CC3)nc3c2CCN(c2cncc4cccc(Cl)c24)C3)CCN1C(=O)/C=C/CF. The monoisotopic (exact) mass is 632 g/mol. The Morgan fingerprint density at radius 2 is 2.09 bits per heavy atom. The van der Waals surface area contributed by atoms with Crippen LogP contribution in [-0.2, 0) is 17.8 Å². The zero-order valence-electron chi connectivity index (χ0n) is 25.7. The molecule has 1 saturated carbocycles. The Kier molecular flexibility index (Phi) is 9.33. The maximum absolute atomic E-state index is 12.8. The minimum absolute atomic E-state index is 0.149. The lowest BCUT2D eigenvalue weighted by Gasteiger charge is -2.41. The van der Waals surface area contributed by atoms with Gasteiger partial charge in [0, 0.05) is 66.9 Å². The summed E-state index contributed by atoms with van der Waals surface area (Å²) in [5.41, 5.74) is 2.87. The molecule has 4 heterocycles. The number of hydrogen-bond acceptors (Lipinski definition) is 8. The van der Waals surface area contributed by atoms with Crippen molar-refractivity contribution in [3.05, 3.63) is 70.4 Å². The van der Waals surface area contributed by atoms with Crippen LogP contribution in [0.25, 0.3) is 15.6 Å². The molecule has 45 heavy (non-hydrogen) atoms. The van der Waals surface area contributed by atoms with Crippen molar-refractivity contribution in [3.8, 4) is 6.01 Å². The van der Waals surface area contributed by atoms with Crippen molar-refractivity contribution >= 4 is 39.8 Å². The molecule has 0 N–H and O–H groups in total. The maximum atomic E-state index is 12.8. The van der Waals surface area contributed by atoms with Gasteiger partial charge >= 0.3 is 6.01 Å². The topological polar surface area (TPSA) is 82.3 Å². The van der Waals surface area contributed by atoms with Crippen molar-refractivity contribution in [3.63, 3.8) is 0 Å². The highest BCUT2D eigenvalue weighted by molar-refractivity contribution is 6.36. The van der Waals surface area contributed by atoms with Gasteiger partial charge in [0.15, 0.2) is 0 Å². The molecule has 12 heteroatoms. The lowest BCUT2D eigenvalue weighted by Crippen LogP contribution is -2.56. The molecule has 2 aromatic heterocycles. The number of anilines is 2. The summed E-state index contributed by atoms with van der Waals surface area (Å²) < 4.78 is 19.0. The van der Waals surface area contributed by atoms with Crippen LogP contribution in [0.15, 0.2) is 42.7 Å². The maximum Gasteiger partial charge on any atom is 0.318 e. The second-order valence-corrected chi connectivity index (χ2v) is 12.4. The van der Waals surface area contributed by atoms with Crippen LogP contribution in [0.3, 0.4) is 0 Å². The van der Waals surface area contributed by atoms with Crippen LogP contribution < -0.4 is 14.5 Å². The lowest BCUT2D eigenvalue weighted by atomic mass is 10.0. The molecule has 0 bridgehead atoms. The summed E-state index contributed by atoms with van der Waals surface area (Å²) in [6.07, 6.45) is 9.27. The molecular weight excluding hydrogens is 595 g/mol. The second-order valence-electron chi connectivity index (χ2n) is 12.0. The number of rotatable bonds is 10. The Morgan fingerprint density at radius 1 is 1.24 bits per heavy atom. The standard InChI is InChI=1S/C33H38ClFN8O2/c1-22(40(3)24-9-10-24)21-45-33-38-28-20-41(29-18-37-16-23-6-4-7-27(34)31(23)29)13-11-26(28)32(39-33)42-14-15-43(25(19-42)17-36-2)30(44)8-5-12-35/h4-8,16,18,22,24-25H,9-15,17,19-21H2,1,3H3/b8-5+/t22-,25+/m1/s1. The van der Waals surface area contributed by atoms with Gasteiger partial charge in [-0.2, -0.15) is 9.97 Å². The number of carbonyl (C=O) groups is 1. The van der Waals surface area contributed by atoms with E-state index >= 15 is 0 Å². The number of likely N-dealkylation sites (N-methyl/N-ethyl adjacent to an activating group) is 1. The van der Waals surface area contributed by atoms with Gasteiger partial charge in [0.1, 0.15) is 25.1 Å². The van der Waals surface area contributed by atoms with Gasteiger partial charge in [-0.3, -0.25) is 14.7 Å². The second kappa shape index (κ2) is 13.5. The molecule has 0 spiro atoms. The van der Waals surface area contributed by atoms with E-state index in [0.717, 1.165) is 40.1 Å². The summed E-state index contributed by atoms with van der Waals surface area (Å²) in [6, 6.07) is 6.62. The Hall–Kier alpha value is -4.01. The van der Waals surface area contributed by atoms with Gasteiger partial charge in [0.25, 0.3) is 0 Å². The van der Waals surface area contributed by atoms with Gasteiger partial charge in [-0.15, -0.1) is 0 Å². The van der Waals surface area contributed by atoms with E-state index < -0.39 is 6.67 Å². The molecule has 0 radical (unpaired) electrons. The van der Waals surface area contributed by atoms with Crippen molar-refractivity contribution in [1.29, 1.82) is 0 Å². The first-order valence-corrected chi connectivity index (χ1v) is 15.9. The van der Waals surface area contributed by atoms with Crippen LogP contribution in [0, 0.1) is 6.57 Å². The number of hydrogen-bond donors (Lipinski definition) is 0. The summed E-state index contributed by atoms with van der Waals surface area (Å²) in [7, 11) is 2.13. The predicted molar refractivity (Wildman–Crippen MR) is 174 cm³/mol. The van der Waals surface area contributed by atoms with E-state index in [1.807, 2.05) is 30.6 Å². The van der Waals surface area contributed by atoms with Crippen molar-refractivity contribution in [2.24, 2.45) is 0 Å². The Labute approximate surface area is 268 Å².